The molecule has 0 saturated carbocycles. The summed E-state index contributed by atoms with van der Waals surface area (Å²) in [6, 6.07) is 4.53. The summed E-state index contributed by atoms with van der Waals surface area (Å²) in [4.78, 5) is 14.5. The first-order valence-electron chi connectivity index (χ1n) is 6.54. The Labute approximate surface area is 121 Å². The zero-order chi connectivity index (χ0) is 15.2. The van der Waals surface area contributed by atoms with Gasteiger partial charge in [-0.15, -0.1) is 0 Å². The Hall–Kier alpha value is -2.64. The molecule has 0 spiro atoms. The van der Waals surface area contributed by atoms with Gasteiger partial charge in [-0.1, -0.05) is 12.1 Å². The number of nitro benzene ring substituents is 1. The summed E-state index contributed by atoms with van der Waals surface area (Å²) in [5.74, 6) is 1.41. The number of benzene rings is 1. The largest absolute Gasteiger partial charge is 0.493 e. The lowest BCUT2D eigenvalue weighted by Gasteiger charge is -2.08. The lowest BCUT2D eigenvalue weighted by Crippen LogP contribution is -2.02. The first kappa shape index (κ1) is 14.8. The van der Waals surface area contributed by atoms with Gasteiger partial charge in [-0.25, -0.2) is 0 Å². The summed E-state index contributed by atoms with van der Waals surface area (Å²) >= 11 is 0. The fraction of sp³-hybridized carbons (Fsp3) is 0.385. The molecule has 0 aliphatic carbocycles. The van der Waals surface area contributed by atoms with Crippen molar-refractivity contribution < 1.29 is 14.2 Å². The molecule has 0 aliphatic rings. The zero-order valence-electron chi connectivity index (χ0n) is 11.8. The quantitative estimate of drug-likeness (QED) is 0.618. The number of nitrogens with zero attached hydrogens (tertiary/aromatic N) is 3. The molecule has 1 aromatic carbocycles. The second kappa shape index (κ2) is 6.69. The Balaban J connectivity index is 2.12. The highest BCUT2D eigenvalue weighted by Gasteiger charge is 2.11. The molecule has 0 fully saturated rings. The van der Waals surface area contributed by atoms with E-state index in [9.17, 15) is 10.1 Å². The zero-order valence-corrected chi connectivity index (χ0v) is 11.8. The highest BCUT2D eigenvalue weighted by Crippen LogP contribution is 2.26. The summed E-state index contributed by atoms with van der Waals surface area (Å²) < 4.78 is 10.4. The summed E-state index contributed by atoms with van der Waals surface area (Å²) in [6.45, 7) is 4.48. The highest BCUT2D eigenvalue weighted by atomic mass is 16.6. The molecule has 21 heavy (non-hydrogen) atoms. The van der Waals surface area contributed by atoms with Gasteiger partial charge >= 0.3 is 0 Å². The molecule has 0 atom stereocenters. The van der Waals surface area contributed by atoms with Crippen molar-refractivity contribution in [1.82, 2.24) is 10.1 Å². The van der Waals surface area contributed by atoms with Crippen molar-refractivity contribution in [2.75, 3.05) is 11.9 Å². The molecule has 0 bridgehead atoms. The number of hydrogen-bond acceptors (Lipinski definition) is 7. The van der Waals surface area contributed by atoms with Gasteiger partial charge < -0.3 is 14.6 Å². The average Bonchev–Trinajstić information content (AvgIpc) is 2.88. The molecule has 2 rings (SSSR count). The van der Waals surface area contributed by atoms with E-state index < -0.39 is 4.92 Å². The summed E-state index contributed by atoms with van der Waals surface area (Å²) in [6.07, 6.45) is 0.826. The van der Waals surface area contributed by atoms with Crippen LogP contribution in [0.5, 0.6) is 5.75 Å². The number of ether oxygens (including phenoxy) is 1. The molecule has 1 heterocycles. The van der Waals surface area contributed by atoms with Gasteiger partial charge in [-0.05, 0) is 13.3 Å². The molecule has 0 radical (unpaired) electrons. The number of anilines is 1. The van der Waals surface area contributed by atoms with Crippen LogP contribution in [0.2, 0.25) is 0 Å². The van der Waals surface area contributed by atoms with Crippen molar-refractivity contribution in [3.8, 4) is 5.75 Å². The fourth-order valence-electron chi connectivity index (χ4n) is 1.68. The van der Waals surface area contributed by atoms with E-state index in [2.05, 4.69) is 15.5 Å². The molecule has 1 aromatic heterocycles. The predicted molar refractivity (Wildman–Crippen MR) is 75.2 cm³/mol. The Morgan fingerprint density at radius 1 is 1.43 bits per heavy atom. The Bertz CT molecular complexity index is 626. The number of rotatable bonds is 7. The monoisotopic (exact) mass is 292 g/mol. The van der Waals surface area contributed by atoms with Crippen molar-refractivity contribution in [2.45, 2.75) is 26.8 Å². The Morgan fingerprint density at radius 2 is 2.24 bits per heavy atom. The van der Waals surface area contributed by atoms with Gasteiger partial charge in [0, 0.05) is 17.8 Å². The molecule has 1 N–H and O–H groups in total. The van der Waals surface area contributed by atoms with Crippen LogP contribution in [0.1, 0.15) is 25.1 Å². The minimum absolute atomic E-state index is 0.0344. The lowest BCUT2D eigenvalue weighted by atomic mass is 10.2. The maximum absolute atomic E-state index is 10.9. The topological polar surface area (TPSA) is 103 Å². The summed E-state index contributed by atoms with van der Waals surface area (Å²) in [5, 5.41) is 17.6. The van der Waals surface area contributed by atoms with Crippen molar-refractivity contribution >= 4 is 11.4 Å². The van der Waals surface area contributed by atoms with Crippen LogP contribution in [0.15, 0.2) is 22.7 Å². The van der Waals surface area contributed by atoms with Crippen molar-refractivity contribution in [3.05, 3.63) is 40.0 Å². The second-order valence-electron chi connectivity index (χ2n) is 4.41. The number of aromatic nitrogens is 2. The van der Waals surface area contributed by atoms with E-state index >= 15 is 0 Å². The molecule has 0 aliphatic heterocycles. The molecule has 0 unspecified atom stereocenters. The van der Waals surface area contributed by atoms with Gasteiger partial charge in [0.1, 0.15) is 5.75 Å². The number of hydrogen-bond donors (Lipinski definition) is 1. The van der Waals surface area contributed by atoms with Crippen molar-refractivity contribution in [2.24, 2.45) is 0 Å². The minimum Gasteiger partial charge on any atom is -0.493 e. The van der Waals surface area contributed by atoms with E-state index in [1.54, 1.807) is 13.0 Å². The van der Waals surface area contributed by atoms with Crippen LogP contribution in [0.25, 0.3) is 0 Å². The molecule has 2 aromatic rings. The van der Waals surface area contributed by atoms with E-state index in [4.69, 9.17) is 9.26 Å². The van der Waals surface area contributed by atoms with Gasteiger partial charge in [-0.3, -0.25) is 10.1 Å². The van der Waals surface area contributed by atoms with Gasteiger partial charge in [0.15, 0.2) is 5.82 Å². The Kier molecular flexibility index (Phi) is 4.70. The molecular formula is C13H16N4O4. The number of non-ortho nitro benzene ring substituents is 1. The van der Waals surface area contributed by atoms with Gasteiger partial charge in [0.05, 0.1) is 24.1 Å². The normalized spacial score (nSPS) is 10.4. The van der Waals surface area contributed by atoms with E-state index in [1.165, 1.54) is 12.1 Å². The van der Waals surface area contributed by atoms with Gasteiger partial charge in [0.25, 0.3) is 5.69 Å². The molecule has 112 valence electrons. The standard InChI is InChI=1S/C13H16N4O4/c1-3-4-20-12-6-10(5-11(7-12)17(18)19)14-8-13-15-9(2)16-21-13/h5-7,14H,3-4,8H2,1-2H3. The fourth-order valence-corrected chi connectivity index (χ4v) is 1.68. The van der Waals surface area contributed by atoms with Crippen LogP contribution in [0.3, 0.4) is 0 Å². The van der Waals surface area contributed by atoms with E-state index in [1.807, 2.05) is 6.92 Å². The van der Waals surface area contributed by atoms with Crippen molar-refractivity contribution in [3.63, 3.8) is 0 Å². The summed E-state index contributed by atoms with van der Waals surface area (Å²) in [5.41, 5.74) is 0.527. The van der Waals surface area contributed by atoms with Crippen molar-refractivity contribution in [1.29, 1.82) is 0 Å². The SMILES string of the molecule is CCCOc1cc(NCc2nc(C)no2)cc([N+](=O)[O-])c1. The molecule has 8 heteroatoms. The number of nitrogens with one attached hydrogen (secondary N) is 1. The van der Waals surface area contributed by atoms with E-state index in [-0.39, 0.29) is 12.2 Å². The van der Waals surface area contributed by atoms with Crippen LogP contribution < -0.4 is 10.1 Å². The third-order valence-electron chi connectivity index (χ3n) is 2.59. The maximum Gasteiger partial charge on any atom is 0.275 e. The first-order valence-corrected chi connectivity index (χ1v) is 6.54. The van der Waals surface area contributed by atoms with E-state index in [0.717, 1.165) is 6.42 Å². The summed E-state index contributed by atoms with van der Waals surface area (Å²) in [7, 11) is 0. The molecule has 0 amide bonds. The van der Waals surface area contributed by atoms with E-state index in [0.29, 0.717) is 29.8 Å². The van der Waals surface area contributed by atoms with Crippen LogP contribution in [-0.2, 0) is 6.54 Å². The highest BCUT2D eigenvalue weighted by molar-refractivity contribution is 5.56. The predicted octanol–water partition coefficient (Wildman–Crippen LogP) is 2.69. The van der Waals surface area contributed by atoms with Crippen LogP contribution in [0, 0.1) is 17.0 Å². The van der Waals surface area contributed by atoms with Crippen LogP contribution in [-0.4, -0.2) is 21.7 Å². The third kappa shape index (κ3) is 4.16. The molecule has 0 saturated heterocycles. The lowest BCUT2D eigenvalue weighted by molar-refractivity contribution is -0.384. The third-order valence-corrected chi connectivity index (χ3v) is 2.59. The van der Waals surface area contributed by atoms with Gasteiger partial charge in [-0.2, -0.15) is 4.98 Å². The number of aryl methyl sites for hydroxylation is 1. The first-order chi connectivity index (χ1) is 10.1. The van der Waals surface area contributed by atoms with Crippen LogP contribution >= 0.6 is 0 Å². The Morgan fingerprint density at radius 3 is 2.86 bits per heavy atom. The molecule has 8 nitrogen and oxygen atoms in total. The maximum atomic E-state index is 10.9. The minimum atomic E-state index is -0.458. The van der Waals surface area contributed by atoms with Crippen LogP contribution in [0.4, 0.5) is 11.4 Å². The van der Waals surface area contributed by atoms with Gasteiger partial charge in [0.2, 0.25) is 5.89 Å². The molecular weight excluding hydrogens is 276 g/mol. The second-order valence-corrected chi connectivity index (χ2v) is 4.41. The smallest absolute Gasteiger partial charge is 0.275 e. The number of nitro groups is 1. The average molecular weight is 292 g/mol.